The van der Waals surface area contributed by atoms with Crippen LogP contribution in [0.4, 0.5) is 10.1 Å². The number of aromatic nitrogens is 1. The first-order valence-corrected chi connectivity index (χ1v) is 4.71. The van der Waals surface area contributed by atoms with Crippen LogP contribution in [0.25, 0.3) is 0 Å². The number of halogens is 2. The quantitative estimate of drug-likeness (QED) is 0.818. The topological polar surface area (TPSA) is 38.1 Å². The lowest BCUT2D eigenvalue weighted by molar-refractivity contribution is 0.520. The summed E-state index contributed by atoms with van der Waals surface area (Å²) in [6.07, 6.45) is 1.42. The van der Waals surface area contributed by atoms with Gasteiger partial charge in [-0.05, 0) is 35.9 Å². The molecule has 3 nitrogen and oxygen atoms in total. The van der Waals surface area contributed by atoms with E-state index in [2.05, 4.69) is 10.3 Å². The predicted molar refractivity (Wildman–Crippen MR) is 55.2 cm³/mol. The molecule has 0 saturated heterocycles. The van der Waals surface area contributed by atoms with Gasteiger partial charge in [0.1, 0.15) is 5.76 Å². The van der Waals surface area contributed by atoms with E-state index in [1.807, 2.05) is 0 Å². The first kappa shape index (κ1) is 9.98. The van der Waals surface area contributed by atoms with Crippen molar-refractivity contribution in [1.29, 1.82) is 0 Å². The highest BCUT2D eigenvalue weighted by atomic mass is 35.5. The summed E-state index contributed by atoms with van der Waals surface area (Å²) in [6, 6.07) is 6.33. The van der Waals surface area contributed by atoms with E-state index >= 15 is 0 Å². The highest BCUT2D eigenvalue weighted by molar-refractivity contribution is 6.28. The molecule has 2 aromatic heterocycles. The molecule has 0 unspecified atom stereocenters. The van der Waals surface area contributed by atoms with E-state index in [4.69, 9.17) is 16.0 Å². The lowest BCUT2D eigenvalue weighted by atomic mass is 10.4. The summed E-state index contributed by atoms with van der Waals surface area (Å²) < 4.78 is 17.6. The minimum Gasteiger partial charge on any atom is -0.448 e. The average Bonchev–Trinajstić information content (AvgIpc) is 2.64. The third-order valence-electron chi connectivity index (χ3n) is 1.82. The van der Waals surface area contributed by atoms with E-state index < -0.39 is 5.95 Å². The van der Waals surface area contributed by atoms with Crippen LogP contribution >= 0.6 is 11.6 Å². The third kappa shape index (κ3) is 2.70. The normalized spacial score (nSPS) is 10.3. The van der Waals surface area contributed by atoms with E-state index in [-0.39, 0.29) is 0 Å². The molecular formula is C10H8ClFN2O. The Kier molecular flexibility index (Phi) is 2.87. The van der Waals surface area contributed by atoms with Crippen LogP contribution in [0.5, 0.6) is 0 Å². The van der Waals surface area contributed by atoms with E-state index in [0.717, 1.165) is 5.69 Å². The second-order valence-corrected chi connectivity index (χ2v) is 3.30. The van der Waals surface area contributed by atoms with Crippen molar-refractivity contribution in [1.82, 2.24) is 4.98 Å². The predicted octanol–water partition coefficient (Wildman–Crippen LogP) is 3.08. The monoisotopic (exact) mass is 226 g/mol. The summed E-state index contributed by atoms with van der Waals surface area (Å²) in [5.41, 5.74) is 0.726. The van der Waals surface area contributed by atoms with Gasteiger partial charge in [-0.1, -0.05) is 0 Å². The van der Waals surface area contributed by atoms with Crippen LogP contribution in [-0.2, 0) is 6.54 Å². The zero-order valence-electron chi connectivity index (χ0n) is 7.71. The summed E-state index contributed by atoms with van der Waals surface area (Å²) in [5.74, 6) is 0.214. The van der Waals surface area contributed by atoms with Gasteiger partial charge in [0, 0.05) is 0 Å². The molecule has 0 aliphatic carbocycles. The van der Waals surface area contributed by atoms with Crippen LogP contribution < -0.4 is 5.32 Å². The first-order valence-electron chi connectivity index (χ1n) is 4.34. The molecule has 2 aromatic rings. The van der Waals surface area contributed by atoms with Gasteiger partial charge >= 0.3 is 0 Å². The molecule has 0 saturated carbocycles. The van der Waals surface area contributed by atoms with Crippen molar-refractivity contribution >= 4 is 17.3 Å². The molecule has 0 atom stereocenters. The molecule has 15 heavy (non-hydrogen) atoms. The molecule has 0 aromatic carbocycles. The molecule has 0 fully saturated rings. The van der Waals surface area contributed by atoms with Gasteiger partial charge in [-0.25, -0.2) is 4.98 Å². The summed E-state index contributed by atoms with van der Waals surface area (Å²) in [5, 5.41) is 3.37. The van der Waals surface area contributed by atoms with Gasteiger partial charge in [0.05, 0.1) is 18.4 Å². The standard InChI is InChI=1S/C10H8ClFN2O/c11-9-3-2-8(15-9)6-13-7-1-4-10(12)14-5-7/h1-5,13H,6H2. The Morgan fingerprint density at radius 2 is 2.20 bits per heavy atom. The zero-order chi connectivity index (χ0) is 10.7. The molecule has 0 amide bonds. The van der Waals surface area contributed by atoms with Gasteiger partial charge < -0.3 is 9.73 Å². The number of nitrogens with zero attached hydrogens (tertiary/aromatic N) is 1. The molecule has 2 heterocycles. The molecule has 2 rings (SSSR count). The Morgan fingerprint density at radius 1 is 1.33 bits per heavy atom. The van der Waals surface area contributed by atoms with E-state index in [9.17, 15) is 4.39 Å². The molecule has 0 radical (unpaired) electrons. The van der Waals surface area contributed by atoms with Crippen molar-refractivity contribution in [2.75, 3.05) is 5.32 Å². The summed E-state index contributed by atoms with van der Waals surface area (Å²) in [7, 11) is 0. The lowest BCUT2D eigenvalue weighted by Crippen LogP contribution is -1.98. The maximum atomic E-state index is 12.5. The number of hydrogen-bond acceptors (Lipinski definition) is 3. The van der Waals surface area contributed by atoms with Crippen molar-refractivity contribution in [3.8, 4) is 0 Å². The fourth-order valence-electron chi connectivity index (χ4n) is 1.12. The minimum absolute atomic E-state index is 0.351. The van der Waals surface area contributed by atoms with Gasteiger partial charge in [0.15, 0.2) is 5.22 Å². The smallest absolute Gasteiger partial charge is 0.212 e. The maximum Gasteiger partial charge on any atom is 0.212 e. The summed E-state index contributed by atoms with van der Waals surface area (Å²) in [4.78, 5) is 3.51. The lowest BCUT2D eigenvalue weighted by Gasteiger charge is -2.02. The van der Waals surface area contributed by atoms with Crippen molar-refractivity contribution in [2.24, 2.45) is 0 Å². The number of hydrogen-bond donors (Lipinski definition) is 1. The SMILES string of the molecule is Fc1ccc(NCc2ccc(Cl)o2)cn1. The second-order valence-electron chi connectivity index (χ2n) is 2.93. The van der Waals surface area contributed by atoms with Crippen molar-refractivity contribution in [3.05, 3.63) is 47.4 Å². The van der Waals surface area contributed by atoms with Crippen molar-refractivity contribution in [3.63, 3.8) is 0 Å². The minimum atomic E-state index is -0.499. The van der Waals surface area contributed by atoms with Gasteiger partial charge in [-0.3, -0.25) is 0 Å². The summed E-state index contributed by atoms with van der Waals surface area (Å²) in [6.45, 7) is 0.486. The Hall–Kier alpha value is -1.55. The van der Waals surface area contributed by atoms with Gasteiger partial charge in [0.25, 0.3) is 0 Å². The van der Waals surface area contributed by atoms with Crippen LogP contribution in [0.3, 0.4) is 0 Å². The summed E-state index contributed by atoms with van der Waals surface area (Å²) >= 11 is 5.61. The third-order valence-corrected chi connectivity index (χ3v) is 2.03. The maximum absolute atomic E-state index is 12.5. The molecule has 0 aliphatic heterocycles. The van der Waals surface area contributed by atoms with E-state index in [1.54, 1.807) is 18.2 Å². The molecule has 78 valence electrons. The highest BCUT2D eigenvalue weighted by Gasteiger charge is 1.99. The highest BCUT2D eigenvalue weighted by Crippen LogP contribution is 2.14. The zero-order valence-corrected chi connectivity index (χ0v) is 8.46. The van der Waals surface area contributed by atoms with Crippen LogP contribution in [0.15, 0.2) is 34.9 Å². The van der Waals surface area contributed by atoms with E-state index in [0.29, 0.717) is 17.5 Å². The second kappa shape index (κ2) is 4.31. The van der Waals surface area contributed by atoms with Gasteiger partial charge in [0.2, 0.25) is 5.95 Å². The molecule has 0 aliphatic rings. The van der Waals surface area contributed by atoms with Crippen LogP contribution in [0.2, 0.25) is 5.22 Å². The first-order chi connectivity index (χ1) is 7.24. The van der Waals surface area contributed by atoms with Gasteiger partial charge in [-0.15, -0.1) is 0 Å². The number of rotatable bonds is 3. The molecule has 1 N–H and O–H groups in total. The Morgan fingerprint density at radius 3 is 2.80 bits per heavy atom. The molecule has 5 heteroatoms. The van der Waals surface area contributed by atoms with Crippen LogP contribution in [-0.4, -0.2) is 4.98 Å². The fourth-order valence-corrected chi connectivity index (χ4v) is 1.28. The average molecular weight is 227 g/mol. The Balaban J connectivity index is 1.96. The van der Waals surface area contributed by atoms with Crippen LogP contribution in [0, 0.1) is 5.95 Å². The van der Waals surface area contributed by atoms with E-state index in [1.165, 1.54) is 12.3 Å². The molecule has 0 bridgehead atoms. The van der Waals surface area contributed by atoms with Crippen LogP contribution in [0.1, 0.15) is 5.76 Å². The molecular weight excluding hydrogens is 219 g/mol. The largest absolute Gasteiger partial charge is 0.448 e. The number of nitrogens with one attached hydrogen (secondary N) is 1. The Labute approximate surface area is 90.9 Å². The molecule has 0 spiro atoms. The number of furan rings is 1. The van der Waals surface area contributed by atoms with Crippen molar-refractivity contribution < 1.29 is 8.81 Å². The van der Waals surface area contributed by atoms with Gasteiger partial charge in [-0.2, -0.15) is 4.39 Å². The number of pyridine rings is 1. The fraction of sp³-hybridized carbons (Fsp3) is 0.100. The Bertz CT molecular complexity index is 441. The van der Waals surface area contributed by atoms with Crippen molar-refractivity contribution in [2.45, 2.75) is 6.54 Å². The number of anilines is 1.